The van der Waals surface area contributed by atoms with Gasteiger partial charge < -0.3 is 4.90 Å². The van der Waals surface area contributed by atoms with Gasteiger partial charge in [-0.1, -0.05) is 11.6 Å². The Balaban J connectivity index is 2.40. The van der Waals surface area contributed by atoms with Gasteiger partial charge in [-0.2, -0.15) is 10.5 Å². The number of rotatable bonds is 4. The van der Waals surface area contributed by atoms with Crippen molar-refractivity contribution in [3.05, 3.63) is 16.5 Å². The molecule has 0 N–H and O–H groups in total. The van der Waals surface area contributed by atoms with Crippen LogP contribution in [-0.4, -0.2) is 23.1 Å². The topological polar surface area (TPSA) is 76.6 Å². The first-order valence-corrected chi connectivity index (χ1v) is 6.08. The molecule has 92 valence electrons. The van der Waals surface area contributed by atoms with Crippen LogP contribution in [0.15, 0.2) is 0 Å². The molecular weight excluding hydrogens is 250 g/mol. The average molecular weight is 262 g/mol. The van der Waals surface area contributed by atoms with Gasteiger partial charge in [-0.3, -0.25) is 0 Å². The molecule has 0 aliphatic heterocycles. The van der Waals surface area contributed by atoms with E-state index >= 15 is 0 Å². The van der Waals surface area contributed by atoms with Crippen LogP contribution in [0.2, 0.25) is 5.15 Å². The molecule has 0 spiro atoms. The quantitative estimate of drug-likeness (QED) is 0.613. The maximum atomic E-state index is 8.80. The highest BCUT2D eigenvalue weighted by Crippen LogP contribution is 2.39. The van der Waals surface area contributed by atoms with Crippen molar-refractivity contribution in [2.45, 2.75) is 25.7 Å². The molecule has 5 nitrogen and oxygen atoms in total. The van der Waals surface area contributed by atoms with Gasteiger partial charge in [-0.25, -0.2) is 9.97 Å². The van der Waals surface area contributed by atoms with Crippen LogP contribution in [0.5, 0.6) is 0 Å². The molecule has 1 aliphatic carbocycles. The maximum absolute atomic E-state index is 8.80. The van der Waals surface area contributed by atoms with E-state index in [0.29, 0.717) is 22.5 Å². The van der Waals surface area contributed by atoms with Gasteiger partial charge in [0, 0.05) is 11.5 Å². The summed E-state index contributed by atoms with van der Waals surface area (Å²) in [6.07, 6.45) is 2.16. The fourth-order valence-electron chi connectivity index (χ4n) is 1.70. The summed E-state index contributed by atoms with van der Waals surface area (Å²) in [4.78, 5) is 10.3. The normalized spacial score (nSPS) is 13.8. The zero-order chi connectivity index (χ0) is 13.1. The van der Waals surface area contributed by atoms with Crippen LogP contribution in [-0.2, 0) is 0 Å². The Morgan fingerprint density at radius 2 is 1.89 bits per heavy atom. The third-order valence-electron chi connectivity index (χ3n) is 2.84. The zero-order valence-corrected chi connectivity index (χ0v) is 10.8. The van der Waals surface area contributed by atoms with E-state index < -0.39 is 0 Å². The van der Waals surface area contributed by atoms with E-state index in [2.05, 4.69) is 9.97 Å². The highest BCUT2D eigenvalue weighted by Gasteiger charge is 2.28. The molecule has 0 aromatic carbocycles. The standard InChI is InChI=1S/C12H12ClN5/c1-8-10(13)16-11(9-2-3-9)17-12(8)18(6-4-14)7-5-15/h9H,2-3,6-7H2,1H3. The third-order valence-corrected chi connectivity index (χ3v) is 3.21. The van der Waals surface area contributed by atoms with Crippen molar-refractivity contribution in [1.29, 1.82) is 10.5 Å². The summed E-state index contributed by atoms with van der Waals surface area (Å²) >= 11 is 6.09. The van der Waals surface area contributed by atoms with E-state index in [1.165, 1.54) is 0 Å². The fourth-order valence-corrected chi connectivity index (χ4v) is 1.87. The highest BCUT2D eigenvalue weighted by atomic mass is 35.5. The van der Waals surface area contributed by atoms with E-state index in [1.807, 2.05) is 12.1 Å². The van der Waals surface area contributed by atoms with Gasteiger partial charge in [0.05, 0.1) is 12.1 Å². The van der Waals surface area contributed by atoms with Crippen molar-refractivity contribution in [2.24, 2.45) is 0 Å². The van der Waals surface area contributed by atoms with Crippen molar-refractivity contribution >= 4 is 17.4 Å². The first-order valence-electron chi connectivity index (χ1n) is 5.70. The van der Waals surface area contributed by atoms with E-state index in [0.717, 1.165) is 18.7 Å². The number of nitriles is 2. The van der Waals surface area contributed by atoms with Crippen LogP contribution in [0.4, 0.5) is 5.82 Å². The predicted octanol–water partition coefficient (Wildman–Crippen LogP) is 2.17. The number of halogens is 1. The first kappa shape index (κ1) is 12.6. The summed E-state index contributed by atoms with van der Waals surface area (Å²) in [5, 5.41) is 18.0. The molecule has 0 unspecified atom stereocenters. The van der Waals surface area contributed by atoms with Gasteiger partial charge in [0.25, 0.3) is 0 Å². The minimum Gasteiger partial charge on any atom is -0.330 e. The maximum Gasteiger partial charge on any atom is 0.138 e. The summed E-state index contributed by atoms with van der Waals surface area (Å²) < 4.78 is 0. The Morgan fingerprint density at radius 1 is 1.28 bits per heavy atom. The zero-order valence-electron chi connectivity index (χ0n) is 10.0. The molecule has 2 rings (SSSR count). The molecule has 0 bridgehead atoms. The van der Waals surface area contributed by atoms with Crippen LogP contribution in [0, 0.1) is 29.6 Å². The first-order chi connectivity index (χ1) is 8.67. The lowest BCUT2D eigenvalue weighted by molar-refractivity contribution is 0.861. The summed E-state index contributed by atoms with van der Waals surface area (Å²) in [7, 11) is 0. The lowest BCUT2D eigenvalue weighted by Gasteiger charge is -2.20. The van der Waals surface area contributed by atoms with Crippen molar-refractivity contribution in [3.8, 4) is 12.1 Å². The van der Waals surface area contributed by atoms with Crippen LogP contribution in [0.3, 0.4) is 0 Å². The van der Waals surface area contributed by atoms with E-state index in [9.17, 15) is 0 Å². The molecule has 0 amide bonds. The molecule has 0 saturated heterocycles. The third kappa shape index (κ3) is 2.52. The van der Waals surface area contributed by atoms with Gasteiger partial charge >= 0.3 is 0 Å². The van der Waals surface area contributed by atoms with Crippen molar-refractivity contribution in [1.82, 2.24) is 9.97 Å². The number of nitrogens with zero attached hydrogens (tertiary/aromatic N) is 5. The molecule has 18 heavy (non-hydrogen) atoms. The molecular formula is C12H12ClN5. The molecule has 1 fully saturated rings. The smallest absolute Gasteiger partial charge is 0.138 e. The SMILES string of the molecule is Cc1c(Cl)nc(C2CC2)nc1N(CC#N)CC#N. The molecule has 1 heterocycles. The molecule has 1 aromatic heterocycles. The van der Waals surface area contributed by atoms with Crippen LogP contribution >= 0.6 is 11.6 Å². The van der Waals surface area contributed by atoms with Gasteiger partial charge in [-0.15, -0.1) is 0 Å². The lowest BCUT2D eigenvalue weighted by Crippen LogP contribution is -2.26. The average Bonchev–Trinajstić information content (AvgIpc) is 3.16. The van der Waals surface area contributed by atoms with Gasteiger partial charge in [-0.05, 0) is 19.8 Å². The largest absolute Gasteiger partial charge is 0.330 e. The number of hydrogen-bond donors (Lipinski definition) is 0. The minimum absolute atomic E-state index is 0.117. The second-order valence-electron chi connectivity index (χ2n) is 4.27. The molecule has 6 heteroatoms. The number of hydrogen-bond acceptors (Lipinski definition) is 5. The van der Waals surface area contributed by atoms with Crippen molar-refractivity contribution in [3.63, 3.8) is 0 Å². The van der Waals surface area contributed by atoms with Gasteiger partial charge in [0.2, 0.25) is 0 Å². The van der Waals surface area contributed by atoms with E-state index in [-0.39, 0.29) is 13.1 Å². The van der Waals surface area contributed by atoms with E-state index in [1.54, 1.807) is 11.8 Å². The Morgan fingerprint density at radius 3 is 2.39 bits per heavy atom. The number of anilines is 1. The molecule has 1 aliphatic rings. The second kappa shape index (κ2) is 5.20. The lowest BCUT2D eigenvalue weighted by atomic mass is 10.3. The second-order valence-corrected chi connectivity index (χ2v) is 4.63. The van der Waals surface area contributed by atoms with Crippen LogP contribution in [0.25, 0.3) is 0 Å². The fraction of sp³-hybridized carbons (Fsp3) is 0.500. The molecule has 1 saturated carbocycles. The van der Waals surface area contributed by atoms with Crippen LogP contribution < -0.4 is 4.90 Å². The summed E-state index contributed by atoms with van der Waals surface area (Å²) in [6.45, 7) is 2.04. The Hall–Kier alpha value is -1.85. The summed E-state index contributed by atoms with van der Waals surface area (Å²) in [6, 6.07) is 4.07. The van der Waals surface area contributed by atoms with Crippen molar-refractivity contribution in [2.75, 3.05) is 18.0 Å². The highest BCUT2D eigenvalue weighted by molar-refractivity contribution is 6.30. The Kier molecular flexibility index (Phi) is 3.64. The predicted molar refractivity (Wildman–Crippen MR) is 67.2 cm³/mol. The van der Waals surface area contributed by atoms with E-state index in [4.69, 9.17) is 22.1 Å². The molecule has 0 radical (unpaired) electrons. The van der Waals surface area contributed by atoms with Crippen molar-refractivity contribution < 1.29 is 0 Å². The molecule has 0 atom stereocenters. The summed E-state index contributed by atoms with van der Waals surface area (Å²) in [5.41, 5.74) is 0.714. The minimum atomic E-state index is 0.117. The van der Waals surface area contributed by atoms with Gasteiger partial charge in [0.15, 0.2) is 0 Å². The number of aromatic nitrogens is 2. The van der Waals surface area contributed by atoms with Crippen LogP contribution in [0.1, 0.15) is 30.1 Å². The monoisotopic (exact) mass is 261 g/mol. The molecule has 1 aromatic rings. The Bertz CT molecular complexity index is 523. The Labute approximate surface area is 111 Å². The summed E-state index contributed by atoms with van der Waals surface area (Å²) in [5.74, 6) is 1.70. The van der Waals surface area contributed by atoms with Gasteiger partial charge in [0.1, 0.15) is 29.9 Å².